The zero-order valence-corrected chi connectivity index (χ0v) is 13.8. The van der Waals surface area contributed by atoms with Crippen molar-refractivity contribution >= 4 is 6.47 Å². The van der Waals surface area contributed by atoms with Crippen LogP contribution in [0.1, 0.15) is 59.6 Å². The molecule has 0 radical (unpaired) electrons. The fourth-order valence-corrected chi connectivity index (χ4v) is 1.82. The molecule has 0 aliphatic carbocycles. The molecule has 0 atom stereocenters. The average molecular weight is 280 g/mol. The number of phenolic OH excluding ortho intramolecular Hbond substituents is 1. The number of hydrogen-bond donors (Lipinski definition) is 1. The van der Waals surface area contributed by atoms with Crippen LogP contribution in [0.5, 0.6) is 5.75 Å². The summed E-state index contributed by atoms with van der Waals surface area (Å²) in [7, 11) is 0. The molecule has 0 aliphatic rings. The van der Waals surface area contributed by atoms with Crippen LogP contribution in [-0.4, -0.2) is 18.2 Å². The Bertz CT molecular complexity index is 391. The first-order valence-corrected chi connectivity index (χ1v) is 6.93. The van der Waals surface area contributed by atoms with Crippen molar-refractivity contribution in [1.82, 2.24) is 0 Å². The van der Waals surface area contributed by atoms with E-state index in [1.165, 1.54) is 0 Å². The molecular weight excluding hydrogens is 252 g/mol. The SMILES string of the molecule is CC(C)(C)c1cccc(C(C)(C)C)c1O.CCOC=O. The maximum atomic E-state index is 10.3. The molecule has 0 spiro atoms. The summed E-state index contributed by atoms with van der Waals surface area (Å²) in [5, 5.41) is 10.3. The van der Waals surface area contributed by atoms with E-state index >= 15 is 0 Å². The number of ether oxygens (including phenoxy) is 1. The standard InChI is InChI=1S/C14H22O.C3H6O2/c1-13(2,3)10-8-7-9-11(12(10)15)14(4,5)6;1-2-5-3-4/h7-9,15H,1-6H3;3H,2H2,1H3. The molecule has 20 heavy (non-hydrogen) atoms. The smallest absolute Gasteiger partial charge is 0.293 e. The van der Waals surface area contributed by atoms with Crippen LogP contribution >= 0.6 is 0 Å². The molecule has 0 aromatic heterocycles. The normalized spacial score (nSPS) is 11.3. The van der Waals surface area contributed by atoms with Crippen LogP contribution in [0.15, 0.2) is 18.2 Å². The quantitative estimate of drug-likeness (QED) is 0.827. The molecule has 0 saturated carbocycles. The summed E-state index contributed by atoms with van der Waals surface area (Å²) in [5.74, 6) is 0.456. The van der Waals surface area contributed by atoms with Crippen molar-refractivity contribution < 1.29 is 14.6 Å². The van der Waals surface area contributed by atoms with E-state index in [9.17, 15) is 9.90 Å². The fraction of sp³-hybridized carbons (Fsp3) is 0.588. The molecular formula is C17H28O3. The molecule has 0 saturated heterocycles. The number of carbonyl (C=O) groups is 1. The van der Waals surface area contributed by atoms with Gasteiger partial charge in [-0.15, -0.1) is 0 Å². The van der Waals surface area contributed by atoms with Gasteiger partial charge in [0.2, 0.25) is 0 Å². The van der Waals surface area contributed by atoms with E-state index in [-0.39, 0.29) is 10.8 Å². The molecule has 1 aromatic carbocycles. The van der Waals surface area contributed by atoms with Crippen molar-refractivity contribution in [1.29, 1.82) is 0 Å². The second-order valence-corrected chi connectivity index (χ2v) is 6.75. The zero-order chi connectivity index (χ0) is 16.0. The van der Waals surface area contributed by atoms with Crippen LogP contribution in [-0.2, 0) is 20.4 Å². The van der Waals surface area contributed by atoms with Crippen LogP contribution in [0.4, 0.5) is 0 Å². The van der Waals surface area contributed by atoms with Crippen molar-refractivity contribution in [3.8, 4) is 5.75 Å². The predicted octanol–water partition coefficient (Wildman–Crippen LogP) is 4.17. The van der Waals surface area contributed by atoms with E-state index in [4.69, 9.17) is 0 Å². The van der Waals surface area contributed by atoms with Crippen LogP contribution in [0.3, 0.4) is 0 Å². The first-order chi connectivity index (χ1) is 9.05. The fourth-order valence-electron chi connectivity index (χ4n) is 1.82. The van der Waals surface area contributed by atoms with Crippen LogP contribution in [0.25, 0.3) is 0 Å². The molecule has 3 nitrogen and oxygen atoms in total. The number of phenols is 1. The second-order valence-electron chi connectivity index (χ2n) is 6.75. The monoisotopic (exact) mass is 280 g/mol. The first kappa shape index (κ1) is 18.5. The van der Waals surface area contributed by atoms with Crippen molar-refractivity contribution in [3.05, 3.63) is 29.3 Å². The van der Waals surface area contributed by atoms with Crippen molar-refractivity contribution in [2.24, 2.45) is 0 Å². The Morgan fingerprint density at radius 3 is 1.65 bits per heavy atom. The summed E-state index contributed by atoms with van der Waals surface area (Å²) in [4.78, 5) is 9.18. The third-order valence-electron chi connectivity index (χ3n) is 2.89. The molecule has 3 heteroatoms. The molecule has 1 rings (SSSR count). The van der Waals surface area contributed by atoms with Crippen LogP contribution in [0, 0.1) is 0 Å². The Morgan fingerprint density at radius 2 is 1.45 bits per heavy atom. The summed E-state index contributed by atoms with van der Waals surface area (Å²) < 4.78 is 4.15. The summed E-state index contributed by atoms with van der Waals surface area (Å²) in [6.45, 7) is 15.4. The Balaban J connectivity index is 0.000000621. The lowest BCUT2D eigenvalue weighted by Gasteiger charge is -2.26. The largest absolute Gasteiger partial charge is 0.507 e. The van der Waals surface area contributed by atoms with E-state index in [2.05, 4.69) is 46.3 Å². The Morgan fingerprint density at radius 1 is 1.05 bits per heavy atom. The van der Waals surface area contributed by atoms with Gasteiger partial charge in [0, 0.05) is 0 Å². The van der Waals surface area contributed by atoms with Gasteiger partial charge in [-0.1, -0.05) is 59.7 Å². The highest BCUT2D eigenvalue weighted by molar-refractivity contribution is 5.46. The van der Waals surface area contributed by atoms with Crippen LogP contribution in [0.2, 0.25) is 0 Å². The maximum Gasteiger partial charge on any atom is 0.293 e. The van der Waals surface area contributed by atoms with Gasteiger partial charge in [-0.05, 0) is 28.9 Å². The summed E-state index contributed by atoms with van der Waals surface area (Å²) in [6.07, 6.45) is 0. The highest BCUT2D eigenvalue weighted by Gasteiger charge is 2.24. The van der Waals surface area contributed by atoms with Crippen molar-refractivity contribution in [3.63, 3.8) is 0 Å². The number of carbonyl (C=O) groups excluding carboxylic acids is 1. The summed E-state index contributed by atoms with van der Waals surface area (Å²) >= 11 is 0. The maximum absolute atomic E-state index is 10.3. The van der Waals surface area contributed by atoms with E-state index in [0.717, 1.165) is 11.1 Å². The minimum absolute atomic E-state index is 0.00859. The highest BCUT2D eigenvalue weighted by Crippen LogP contribution is 2.38. The molecule has 1 N–H and O–H groups in total. The summed E-state index contributed by atoms with van der Waals surface area (Å²) in [5.41, 5.74) is 2.03. The van der Waals surface area contributed by atoms with Gasteiger partial charge in [-0.3, -0.25) is 4.79 Å². The van der Waals surface area contributed by atoms with E-state index in [0.29, 0.717) is 18.8 Å². The van der Waals surface area contributed by atoms with Gasteiger partial charge in [-0.2, -0.15) is 0 Å². The second kappa shape index (κ2) is 7.32. The molecule has 0 aliphatic heterocycles. The lowest BCUT2D eigenvalue weighted by molar-refractivity contribution is -0.128. The van der Waals surface area contributed by atoms with E-state index < -0.39 is 0 Å². The molecule has 0 amide bonds. The van der Waals surface area contributed by atoms with Gasteiger partial charge in [0.05, 0.1) is 6.61 Å². The highest BCUT2D eigenvalue weighted by atomic mass is 16.5. The van der Waals surface area contributed by atoms with Crippen LogP contribution < -0.4 is 0 Å². The molecule has 114 valence electrons. The Labute approximate surface area is 123 Å². The minimum Gasteiger partial charge on any atom is -0.507 e. The van der Waals surface area contributed by atoms with Gasteiger partial charge < -0.3 is 9.84 Å². The van der Waals surface area contributed by atoms with Gasteiger partial charge in [0.25, 0.3) is 6.47 Å². The number of hydrogen-bond acceptors (Lipinski definition) is 3. The Hall–Kier alpha value is -1.51. The number of aromatic hydroxyl groups is 1. The first-order valence-electron chi connectivity index (χ1n) is 6.93. The lowest BCUT2D eigenvalue weighted by Crippen LogP contribution is -2.16. The van der Waals surface area contributed by atoms with E-state index in [1.807, 2.05) is 18.2 Å². The molecule has 1 aromatic rings. The molecule has 0 unspecified atom stereocenters. The van der Waals surface area contributed by atoms with Crippen molar-refractivity contribution in [2.75, 3.05) is 6.61 Å². The number of rotatable bonds is 2. The summed E-state index contributed by atoms with van der Waals surface area (Å²) in [6, 6.07) is 6.04. The van der Waals surface area contributed by atoms with Gasteiger partial charge in [0.15, 0.2) is 0 Å². The number of benzene rings is 1. The van der Waals surface area contributed by atoms with E-state index in [1.54, 1.807) is 6.92 Å². The van der Waals surface area contributed by atoms with Gasteiger partial charge in [0.1, 0.15) is 5.75 Å². The molecule has 0 bridgehead atoms. The molecule has 0 fully saturated rings. The van der Waals surface area contributed by atoms with Crippen molar-refractivity contribution in [2.45, 2.75) is 59.3 Å². The average Bonchev–Trinajstić information content (AvgIpc) is 2.28. The zero-order valence-electron chi connectivity index (χ0n) is 13.8. The topological polar surface area (TPSA) is 46.5 Å². The lowest BCUT2D eigenvalue weighted by atomic mass is 9.80. The minimum atomic E-state index is -0.00859. The van der Waals surface area contributed by atoms with Gasteiger partial charge >= 0.3 is 0 Å². The Kier molecular flexibility index (Phi) is 6.77. The third kappa shape index (κ3) is 5.64. The number of para-hydroxylation sites is 1. The van der Waals surface area contributed by atoms with Gasteiger partial charge in [-0.25, -0.2) is 0 Å². The third-order valence-corrected chi connectivity index (χ3v) is 2.89. The molecule has 0 heterocycles. The predicted molar refractivity (Wildman–Crippen MR) is 83.2 cm³/mol.